The lowest BCUT2D eigenvalue weighted by atomic mass is 10.1. The van der Waals surface area contributed by atoms with E-state index in [0.29, 0.717) is 8.78 Å². The molecule has 0 spiro atoms. The van der Waals surface area contributed by atoms with E-state index < -0.39 is 34.9 Å². The van der Waals surface area contributed by atoms with Gasteiger partial charge in [-0.2, -0.15) is 17.5 Å². The van der Waals surface area contributed by atoms with Gasteiger partial charge in [0.2, 0.25) is 10.0 Å². The second-order valence-electron chi connectivity index (χ2n) is 5.96. The molecule has 0 bridgehead atoms. The van der Waals surface area contributed by atoms with E-state index in [1.54, 1.807) is 0 Å². The van der Waals surface area contributed by atoms with E-state index in [9.17, 15) is 26.4 Å². The molecule has 1 aliphatic rings. The molecule has 27 heavy (non-hydrogen) atoms. The van der Waals surface area contributed by atoms with Crippen molar-refractivity contribution >= 4 is 32.0 Å². The van der Waals surface area contributed by atoms with Gasteiger partial charge in [-0.25, -0.2) is 13.2 Å². The molecular formula is C15H18BrF3N2O5S. The van der Waals surface area contributed by atoms with Gasteiger partial charge in [0.1, 0.15) is 17.2 Å². The predicted octanol–water partition coefficient (Wildman–Crippen LogP) is 3.15. The smallest absolute Gasteiger partial charge is 0.407 e. The highest BCUT2D eigenvalue weighted by molar-refractivity contribution is 9.10. The van der Waals surface area contributed by atoms with Crippen molar-refractivity contribution in [2.45, 2.75) is 30.0 Å². The number of ether oxygens (including phenoxy) is 1. The number of carbonyl (C=O) groups is 1. The average Bonchev–Trinajstić information content (AvgIpc) is 2.59. The molecule has 0 unspecified atom stereocenters. The molecule has 0 saturated carbocycles. The molecule has 0 atom stereocenters. The van der Waals surface area contributed by atoms with Crippen molar-refractivity contribution in [2.24, 2.45) is 0 Å². The Hall–Kier alpha value is -1.53. The molecule has 152 valence electrons. The number of alkyl halides is 3. The Balaban J connectivity index is 2.42. The number of hydrogen-bond donors (Lipinski definition) is 1. The van der Waals surface area contributed by atoms with Crippen molar-refractivity contribution in [3.63, 3.8) is 0 Å². The van der Waals surface area contributed by atoms with Crippen LogP contribution in [0, 0.1) is 0 Å². The summed E-state index contributed by atoms with van der Waals surface area (Å²) in [6, 6.07) is 3.06. The molecular weight excluding hydrogens is 457 g/mol. The van der Waals surface area contributed by atoms with Gasteiger partial charge in [0.05, 0.1) is 7.11 Å². The number of rotatable bonds is 5. The lowest BCUT2D eigenvalue weighted by Crippen LogP contribution is -2.51. The SMILES string of the molecule is COc1ccc(Br)cc1S(=O)(=O)N(CC(F)(F)F)C1CCN(C(=O)O)CC1. The molecule has 1 saturated heterocycles. The van der Waals surface area contributed by atoms with Gasteiger partial charge < -0.3 is 14.7 Å². The van der Waals surface area contributed by atoms with Crippen LogP contribution in [0.1, 0.15) is 12.8 Å². The largest absolute Gasteiger partial charge is 0.495 e. The zero-order valence-electron chi connectivity index (χ0n) is 14.2. The van der Waals surface area contributed by atoms with Gasteiger partial charge in [-0.15, -0.1) is 0 Å². The third-order valence-corrected chi connectivity index (χ3v) is 6.60. The lowest BCUT2D eigenvalue weighted by Gasteiger charge is -2.37. The van der Waals surface area contributed by atoms with E-state index in [1.165, 1.54) is 25.3 Å². The number of amides is 1. The first-order chi connectivity index (χ1) is 12.5. The van der Waals surface area contributed by atoms with Gasteiger partial charge in [-0.05, 0) is 31.0 Å². The molecule has 0 radical (unpaired) electrons. The zero-order chi connectivity index (χ0) is 20.4. The summed E-state index contributed by atoms with van der Waals surface area (Å²) in [7, 11) is -3.32. The fraction of sp³-hybridized carbons (Fsp3) is 0.533. The van der Waals surface area contributed by atoms with Crippen LogP contribution in [0.2, 0.25) is 0 Å². The number of carboxylic acid groups (broad SMARTS) is 1. The molecule has 0 aliphatic carbocycles. The maximum Gasteiger partial charge on any atom is 0.407 e. The van der Waals surface area contributed by atoms with Crippen LogP contribution in [0.15, 0.2) is 27.6 Å². The number of sulfonamides is 1. The third kappa shape index (κ3) is 5.26. The number of piperidine rings is 1. The van der Waals surface area contributed by atoms with Crippen molar-refractivity contribution in [1.82, 2.24) is 9.21 Å². The summed E-state index contributed by atoms with van der Waals surface area (Å²) in [4.78, 5) is 11.7. The molecule has 1 amide bonds. The van der Waals surface area contributed by atoms with Crippen molar-refractivity contribution in [3.05, 3.63) is 22.7 Å². The summed E-state index contributed by atoms with van der Waals surface area (Å²) in [5.41, 5.74) is 0. The van der Waals surface area contributed by atoms with Crippen LogP contribution < -0.4 is 4.74 Å². The van der Waals surface area contributed by atoms with Gasteiger partial charge in [0.25, 0.3) is 0 Å². The fourth-order valence-electron chi connectivity index (χ4n) is 2.91. The van der Waals surface area contributed by atoms with E-state index in [4.69, 9.17) is 9.84 Å². The normalized spacial score (nSPS) is 16.6. The van der Waals surface area contributed by atoms with E-state index in [-0.39, 0.29) is 36.6 Å². The summed E-state index contributed by atoms with van der Waals surface area (Å²) in [6.07, 6.45) is -6.00. The average molecular weight is 475 g/mol. The van der Waals surface area contributed by atoms with Crippen LogP contribution in [0.5, 0.6) is 5.75 Å². The summed E-state index contributed by atoms with van der Waals surface area (Å²) in [6.45, 7) is -1.75. The van der Waals surface area contributed by atoms with Crippen molar-refractivity contribution < 1.29 is 36.2 Å². The highest BCUT2D eigenvalue weighted by atomic mass is 79.9. The number of likely N-dealkylation sites (tertiary alicyclic amines) is 1. The minimum atomic E-state index is -4.75. The van der Waals surface area contributed by atoms with E-state index in [0.717, 1.165) is 4.90 Å². The van der Waals surface area contributed by atoms with Gasteiger partial charge in [0.15, 0.2) is 0 Å². The quantitative estimate of drug-likeness (QED) is 0.707. The highest BCUT2D eigenvalue weighted by Gasteiger charge is 2.43. The van der Waals surface area contributed by atoms with Crippen LogP contribution in [0.3, 0.4) is 0 Å². The fourth-order valence-corrected chi connectivity index (χ4v) is 5.28. The third-order valence-electron chi connectivity index (χ3n) is 4.19. The monoisotopic (exact) mass is 474 g/mol. The van der Waals surface area contributed by atoms with Crippen molar-refractivity contribution in [1.29, 1.82) is 0 Å². The van der Waals surface area contributed by atoms with Crippen LogP contribution in [0.4, 0.5) is 18.0 Å². The second kappa shape index (κ2) is 8.23. The Kier molecular flexibility index (Phi) is 6.63. The number of halogens is 4. The number of hydrogen-bond acceptors (Lipinski definition) is 4. The standard InChI is InChI=1S/C15H18BrF3N2O5S/c1-26-12-3-2-10(16)8-13(12)27(24,25)21(9-15(17,18)19)11-4-6-20(7-5-11)14(22)23/h2-3,8,11H,4-7,9H2,1H3,(H,22,23). The van der Waals surface area contributed by atoms with Gasteiger partial charge >= 0.3 is 12.3 Å². The maximum absolute atomic E-state index is 13.1. The van der Waals surface area contributed by atoms with E-state index >= 15 is 0 Å². The first-order valence-corrected chi connectivity index (χ1v) is 10.1. The Morgan fingerprint density at radius 1 is 1.37 bits per heavy atom. The van der Waals surface area contributed by atoms with Crippen LogP contribution >= 0.6 is 15.9 Å². The Labute approximate surface area is 162 Å². The molecule has 7 nitrogen and oxygen atoms in total. The molecule has 0 aromatic heterocycles. The van der Waals surface area contributed by atoms with Gasteiger partial charge in [-0.3, -0.25) is 0 Å². The minimum Gasteiger partial charge on any atom is -0.495 e. The Morgan fingerprint density at radius 2 is 1.96 bits per heavy atom. The molecule has 1 aliphatic heterocycles. The molecule has 1 N–H and O–H groups in total. The second-order valence-corrected chi connectivity index (χ2v) is 8.74. The first kappa shape index (κ1) is 21.8. The summed E-state index contributed by atoms with van der Waals surface area (Å²) in [5, 5.41) is 8.98. The van der Waals surface area contributed by atoms with Gasteiger partial charge in [0, 0.05) is 23.6 Å². The lowest BCUT2D eigenvalue weighted by molar-refractivity contribution is -0.140. The van der Waals surface area contributed by atoms with E-state index in [1.807, 2.05) is 0 Å². The summed E-state index contributed by atoms with van der Waals surface area (Å²) in [5.74, 6) is -0.0756. The van der Waals surface area contributed by atoms with Crippen LogP contribution in [-0.4, -0.2) is 67.8 Å². The van der Waals surface area contributed by atoms with Crippen molar-refractivity contribution in [2.75, 3.05) is 26.7 Å². The van der Waals surface area contributed by atoms with Gasteiger partial charge in [-0.1, -0.05) is 15.9 Å². The predicted molar refractivity (Wildman–Crippen MR) is 93.3 cm³/mol. The highest BCUT2D eigenvalue weighted by Crippen LogP contribution is 2.34. The Morgan fingerprint density at radius 3 is 2.44 bits per heavy atom. The van der Waals surface area contributed by atoms with E-state index in [2.05, 4.69) is 15.9 Å². The Bertz CT molecular complexity index is 795. The molecule has 1 fully saturated rings. The number of benzene rings is 1. The first-order valence-electron chi connectivity index (χ1n) is 7.85. The number of nitrogens with zero attached hydrogens (tertiary/aromatic N) is 2. The molecule has 1 aromatic rings. The molecule has 12 heteroatoms. The topological polar surface area (TPSA) is 87.2 Å². The van der Waals surface area contributed by atoms with Crippen molar-refractivity contribution in [3.8, 4) is 5.75 Å². The zero-order valence-corrected chi connectivity index (χ0v) is 16.6. The van der Waals surface area contributed by atoms with Crippen LogP contribution in [-0.2, 0) is 10.0 Å². The maximum atomic E-state index is 13.1. The summed E-state index contributed by atoms with van der Waals surface area (Å²) < 4.78 is 71.2. The number of methoxy groups -OCH3 is 1. The molecule has 2 rings (SSSR count). The molecule has 1 aromatic carbocycles. The molecule has 1 heterocycles. The summed E-state index contributed by atoms with van der Waals surface area (Å²) >= 11 is 3.12. The van der Waals surface area contributed by atoms with Crippen LogP contribution in [0.25, 0.3) is 0 Å². The minimum absolute atomic E-state index is 0.0298.